The molecule has 2 rings (SSSR count). The summed E-state index contributed by atoms with van der Waals surface area (Å²) in [7, 11) is 1.58. The zero-order valence-corrected chi connectivity index (χ0v) is 12.0. The molecule has 0 bridgehead atoms. The summed E-state index contributed by atoms with van der Waals surface area (Å²) in [5, 5.41) is 9.05. The molecule has 0 heterocycles. The molecule has 3 nitrogen and oxygen atoms in total. The quantitative estimate of drug-likeness (QED) is 0.858. The lowest BCUT2D eigenvalue weighted by Crippen LogP contribution is -1.98. The van der Waals surface area contributed by atoms with Crippen molar-refractivity contribution < 1.29 is 9.47 Å². The van der Waals surface area contributed by atoms with Gasteiger partial charge in [0.05, 0.1) is 12.7 Å². The van der Waals surface area contributed by atoms with Gasteiger partial charge >= 0.3 is 0 Å². The van der Waals surface area contributed by atoms with Gasteiger partial charge in [0, 0.05) is 10.5 Å². The summed E-state index contributed by atoms with van der Waals surface area (Å²) >= 11 is 3.41. The molecule has 2 aromatic rings. The van der Waals surface area contributed by atoms with Gasteiger partial charge in [0.25, 0.3) is 0 Å². The highest BCUT2D eigenvalue weighted by molar-refractivity contribution is 9.10. The van der Waals surface area contributed by atoms with E-state index in [2.05, 4.69) is 22.0 Å². The summed E-state index contributed by atoms with van der Waals surface area (Å²) in [5.41, 5.74) is 1.52. The number of rotatable bonds is 4. The number of nitriles is 1. The maximum absolute atomic E-state index is 9.05. The van der Waals surface area contributed by atoms with Gasteiger partial charge in [0.15, 0.2) is 0 Å². The van der Waals surface area contributed by atoms with Crippen molar-refractivity contribution in [3.05, 3.63) is 58.1 Å². The summed E-state index contributed by atoms with van der Waals surface area (Å²) < 4.78 is 11.8. The average molecular weight is 318 g/mol. The van der Waals surface area contributed by atoms with Gasteiger partial charge in [-0.05, 0) is 29.8 Å². The summed E-state index contributed by atoms with van der Waals surface area (Å²) in [6.45, 7) is 0.404. The monoisotopic (exact) mass is 317 g/mol. The molecule has 0 saturated carbocycles. The van der Waals surface area contributed by atoms with Crippen molar-refractivity contribution in [2.45, 2.75) is 6.61 Å². The van der Waals surface area contributed by atoms with E-state index in [1.165, 1.54) is 0 Å². The van der Waals surface area contributed by atoms with Crippen molar-refractivity contribution in [3.8, 4) is 17.6 Å². The van der Waals surface area contributed by atoms with E-state index >= 15 is 0 Å². The predicted octanol–water partition coefficient (Wildman–Crippen LogP) is 3.91. The molecule has 0 aliphatic carbocycles. The fraction of sp³-hybridized carbons (Fsp3) is 0.133. The molecular formula is C15H12BrNO2. The van der Waals surface area contributed by atoms with Crippen LogP contribution in [0.3, 0.4) is 0 Å². The molecule has 0 unspecified atom stereocenters. The summed E-state index contributed by atoms with van der Waals surface area (Å²) in [4.78, 5) is 0. The first kappa shape index (κ1) is 13.4. The molecule has 0 amide bonds. The van der Waals surface area contributed by atoms with Gasteiger partial charge in [-0.2, -0.15) is 5.26 Å². The first-order valence-electron chi connectivity index (χ1n) is 5.68. The average Bonchev–Trinajstić information content (AvgIpc) is 2.45. The Morgan fingerprint density at radius 3 is 2.74 bits per heavy atom. The third-order valence-corrected chi connectivity index (χ3v) is 3.09. The van der Waals surface area contributed by atoms with E-state index in [-0.39, 0.29) is 0 Å². The molecule has 0 fully saturated rings. The Kier molecular flexibility index (Phi) is 4.43. The Morgan fingerprint density at radius 1 is 1.21 bits per heavy atom. The van der Waals surface area contributed by atoms with Crippen molar-refractivity contribution in [2.24, 2.45) is 0 Å². The van der Waals surface area contributed by atoms with Gasteiger partial charge in [-0.25, -0.2) is 0 Å². The smallest absolute Gasteiger partial charge is 0.141 e. The van der Waals surface area contributed by atoms with E-state index < -0.39 is 0 Å². The van der Waals surface area contributed by atoms with Crippen molar-refractivity contribution in [1.82, 2.24) is 0 Å². The van der Waals surface area contributed by atoms with Gasteiger partial charge in [0.2, 0.25) is 0 Å². The van der Waals surface area contributed by atoms with E-state index in [1.807, 2.05) is 24.3 Å². The third-order valence-electron chi connectivity index (χ3n) is 2.59. The molecule has 0 radical (unpaired) electrons. The van der Waals surface area contributed by atoms with E-state index in [4.69, 9.17) is 14.7 Å². The lowest BCUT2D eigenvalue weighted by molar-refractivity contribution is 0.302. The van der Waals surface area contributed by atoms with Crippen LogP contribution in [0.2, 0.25) is 0 Å². The van der Waals surface area contributed by atoms with Crippen LogP contribution in [0.1, 0.15) is 11.1 Å². The standard InChI is InChI=1S/C15H12BrNO2/c1-18-14-6-5-12(9-17)15(8-14)19-10-11-3-2-4-13(16)7-11/h2-8H,10H2,1H3. The maximum atomic E-state index is 9.05. The highest BCUT2D eigenvalue weighted by Gasteiger charge is 2.06. The molecular weight excluding hydrogens is 306 g/mol. The third kappa shape index (κ3) is 3.49. The second kappa shape index (κ2) is 6.26. The van der Waals surface area contributed by atoms with Crippen molar-refractivity contribution in [3.63, 3.8) is 0 Å². The second-order valence-corrected chi connectivity index (χ2v) is 4.81. The molecule has 4 heteroatoms. The Morgan fingerprint density at radius 2 is 2.05 bits per heavy atom. The van der Waals surface area contributed by atoms with Gasteiger partial charge in [-0.1, -0.05) is 28.1 Å². The van der Waals surface area contributed by atoms with E-state index in [0.29, 0.717) is 23.7 Å². The van der Waals surface area contributed by atoms with Crippen LogP contribution >= 0.6 is 15.9 Å². The predicted molar refractivity (Wildman–Crippen MR) is 76.2 cm³/mol. The Balaban J connectivity index is 2.17. The SMILES string of the molecule is COc1ccc(C#N)c(OCc2cccc(Br)c2)c1. The first-order valence-corrected chi connectivity index (χ1v) is 6.47. The lowest BCUT2D eigenvalue weighted by Gasteiger charge is -2.09. The minimum Gasteiger partial charge on any atom is -0.497 e. The summed E-state index contributed by atoms with van der Waals surface area (Å²) in [5.74, 6) is 1.20. The van der Waals surface area contributed by atoms with Crippen LogP contribution in [-0.2, 0) is 6.61 Å². The van der Waals surface area contributed by atoms with Crippen LogP contribution in [0, 0.1) is 11.3 Å². The van der Waals surface area contributed by atoms with Crippen LogP contribution in [0.25, 0.3) is 0 Å². The van der Waals surface area contributed by atoms with Gasteiger partial charge < -0.3 is 9.47 Å². The van der Waals surface area contributed by atoms with E-state index in [0.717, 1.165) is 10.0 Å². The van der Waals surface area contributed by atoms with Crippen molar-refractivity contribution in [2.75, 3.05) is 7.11 Å². The van der Waals surface area contributed by atoms with Crippen LogP contribution in [0.5, 0.6) is 11.5 Å². The fourth-order valence-corrected chi connectivity index (χ4v) is 2.08. The molecule has 0 spiro atoms. The number of benzene rings is 2. The second-order valence-electron chi connectivity index (χ2n) is 3.89. The van der Waals surface area contributed by atoms with Gasteiger partial charge in [-0.15, -0.1) is 0 Å². The van der Waals surface area contributed by atoms with Crippen LogP contribution < -0.4 is 9.47 Å². The zero-order chi connectivity index (χ0) is 13.7. The molecule has 0 atom stereocenters. The molecule has 0 aromatic heterocycles. The number of nitrogens with zero attached hydrogens (tertiary/aromatic N) is 1. The number of halogens is 1. The minimum absolute atomic E-state index is 0.404. The van der Waals surface area contributed by atoms with Crippen molar-refractivity contribution in [1.29, 1.82) is 5.26 Å². The topological polar surface area (TPSA) is 42.2 Å². The van der Waals surface area contributed by atoms with Crippen LogP contribution in [0.15, 0.2) is 46.9 Å². The summed E-state index contributed by atoms with van der Waals surface area (Å²) in [6.07, 6.45) is 0. The molecule has 0 aliphatic rings. The first-order chi connectivity index (χ1) is 9.22. The van der Waals surface area contributed by atoms with E-state index in [1.54, 1.807) is 25.3 Å². The number of hydrogen-bond donors (Lipinski definition) is 0. The zero-order valence-electron chi connectivity index (χ0n) is 10.4. The minimum atomic E-state index is 0.404. The molecule has 2 aromatic carbocycles. The largest absolute Gasteiger partial charge is 0.497 e. The van der Waals surface area contributed by atoms with Gasteiger partial charge in [-0.3, -0.25) is 0 Å². The van der Waals surface area contributed by atoms with Crippen molar-refractivity contribution >= 4 is 15.9 Å². The molecule has 0 saturated heterocycles. The molecule has 0 N–H and O–H groups in total. The Bertz CT molecular complexity index is 620. The summed E-state index contributed by atoms with van der Waals surface area (Å²) in [6, 6.07) is 15.1. The maximum Gasteiger partial charge on any atom is 0.141 e. The number of hydrogen-bond acceptors (Lipinski definition) is 3. The Hall–Kier alpha value is -1.99. The molecule has 96 valence electrons. The highest BCUT2D eigenvalue weighted by Crippen LogP contribution is 2.25. The molecule has 0 aliphatic heterocycles. The normalized spacial score (nSPS) is 9.74. The lowest BCUT2D eigenvalue weighted by atomic mass is 10.2. The fourth-order valence-electron chi connectivity index (χ4n) is 1.63. The number of ether oxygens (including phenoxy) is 2. The number of methoxy groups -OCH3 is 1. The van der Waals surface area contributed by atoms with Crippen LogP contribution in [0.4, 0.5) is 0 Å². The highest BCUT2D eigenvalue weighted by atomic mass is 79.9. The molecule has 19 heavy (non-hydrogen) atoms. The Labute approximate surface area is 120 Å². The van der Waals surface area contributed by atoms with Gasteiger partial charge in [0.1, 0.15) is 24.2 Å². The van der Waals surface area contributed by atoms with E-state index in [9.17, 15) is 0 Å². The van der Waals surface area contributed by atoms with Crippen LogP contribution in [-0.4, -0.2) is 7.11 Å².